The molecule has 0 aliphatic heterocycles. The van der Waals surface area contributed by atoms with E-state index < -0.39 is 23.7 Å². The molecule has 0 amide bonds. The third kappa shape index (κ3) is 4.40. The second kappa shape index (κ2) is 8.13. The van der Waals surface area contributed by atoms with Gasteiger partial charge in [-0.3, -0.25) is 0 Å². The SMILES string of the molecule is CCOC(=O)c1ccc(OCC(O)Cn2cnc3cc(F)c(F)cc32)cc1. The van der Waals surface area contributed by atoms with Crippen LogP contribution in [0.25, 0.3) is 11.0 Å². The monoisotopic (exact) mass is 376 g/mol. The summed E-state index contributed by atoms with van der Waals surface area (Å²) in [4.78, 5) is 15.6. The van der Waals surface area contributed by atoms with Crippen molar-refractivity contribution in [1.29, 1.82) is 0 Å². The van der Waals surface area contributed by atoms with Crippen LogP contribution in [0.2, 0.25) is 0 Å². The van der Waals surface area contributed by atoms with E-state index >= 15 is 0 Å². The van der Waals surface area contributed by atoms with Crippen LogP contribution in [0.3, 0.4) is 0 Å². The zero-order valence-electron chi connectivity index (χ0n) is 14.6. The lowest BCUT2D eigenvalue weighted by atomic mass is 10.2. The molecular weight excluding hydrogens is 358 g/mol. The standard InChI is InChI=1S/C19H18F2N2O4/c1-2-26-19(25)12-3-5-14(6-4-12)27-10-13(24)9-23-11-22-17-7-15(20)16(21)8-18(17)23/h3-8,11,13,24H,2,9-10H2,1H3. The van der Waals surface area contributed by atoms with Crippen LogP contribution in [-0.2, 0) is 11.3 Å². The number of aliphatic hydroxyl groups is 1. The Morgan fingerprint density at radius 1 is 1.22 bits per heavy atom. The van der Waals surface area contributed by atoms with Crippen LogP contribution >= 0.6 is 0 Å². The van der Waals surface area contributed by atoms with Crippen molar-refractivity contribution >= 4 is 17.0 Å². The summed E-state index contributed by atoms with van der Waals surface area (Å²) in [5.74, 6) is -1.88. The summed E-state index contributed by atoms with van der Waals surface area (Å²) in [6.07, 6.45) is 0.501. The molecule has 0 aliphatic rings. The van der Waals surface area contributed by atoms with E-state index in [0.29, 0.717) is 29.0 Å². The Balaban J connectivity index is 1.59. The van der Waals surface area contributed by atoms with Crippen LogP contribution in [0, 0.1) is 11.6 Å². The van der Waals surface area contributed by atoms with Crippen molar-refractivity contribution in [2.24, 2.45) is 0 Å². The normalized spacial score (nSPS) is 12.1. The first kappa shape index (κ1) is 18.8. The largest absolute Gasteiger partial charge is 0.491 e. The molecule has 3 rings (SSSR count). The van der Waals surface area contributed by atoms with Crippen molar-refractivity contribution in [2.45, 2.75) is 19.6 Å². The van der Waals surface area contributed by atoms with E-state index in [0.717, 1.165) is 12.1 Å². The van der Waals surface area contributed by atoms with Crippen LogP contribution in [0.4, 0.5) is 8.78 Å². The number of hydrogen-bond acceptors (Lipinski definition) is 5. The Morgan fingerprint density at radius 2 is 1.93 bits per heavy atom. The quantitative estimate of drug-likeness (QED) is 0.642. The third-order valence-electron chi connectivity index (χ3n) is 3.88. The number of hydrogen-bond donors (Lipinski definition) is 1. The van der Waals surface area contributed by atoms with Gasteiger partial charge in [-0.15, -0.1) is 0 Å². The average Bonchev–Trinajstić information content (AvgIpc) is 3.02. The number of rotatable bonds is 7. The minimum Gasteiger partial charge on any atom is -0.491 e. The highest BCUT2D eigenvalue weighted by Gasteiger charge is 2.13. The molecule has 0 bridgehead atoms. The van der Waals surface area contributed by atoms with E-state index in [1.165, 1.54) is 10.9 Å². The molecule has 1 atom stereocenters. The number of aromatic nitrogens is 2. The number of carbonyl (C=O) groups excluding carboxylic acids is 1. The van der Waals surface area contributed by atoms with Gasteiger partial charge in [0.05, 0.1) is 36.1 Å². The van der Waals surface area contributed by atoms with Crippen LogP contribution in [0.15, 0.2) is 42.7 Å². The van der Waals surface area contributed by atoms with Crippen LogP contribution < -0.4 is 4.74 Å². The predicted octanol–water partition coefficient (Wildman–Crippen LogP) is 2.93. The summed E-state index contributed by atoms with van der Waals surface area (Å²) in [5.41, 5.74) is 1.09. The summed E-state index contributed by atoms with van der Waals surface area (Å²) in [6, 6.07) is 8.39. The van der Waals surface area contributed by atoms with Gasteiger partial charge in [0.25, 0.3) is 0 Å². The molecule has 1 heterocycles. The van der Waals surface area contributed by atoms with E-state index in [9.17, 15) is 18.7 Å². The topological polar surface area (TPSA) is 73.6 Å². The minimum atomic E-state index is -0.975. The number of imidazole rings is 1. The average molecular weight is 376 g/mol. The maximum Gasteiger partial charge on any atom is 0.338 e. The zero-order chi connectivity index (χ0) is 19.4. The molecule has 0 aliphatic carbocycles. The van der Waals surface area contributed by atoms with Gasteiger partial charge in [0, 0.05) is 12.1 Å². The second-order valence-corrected chi connectivity index (χ2v) is 5.86. The first-order valence-electron chi connectivity index (χ1n) is 8.36. The van der Waals surface area contributed by atoms with Gasteiger partial charge in [-0.25, -0.2) is 18.6 Å². The molecule has 0 radical (unpaired) electrons. The first-order valence-corrected chi connectivity index (χ1v) is 8.36. The van der Waals surface area contributed by atoms with Crippen LogP contribution in [0.1, 0.15) is 17.3 Å². The summed E-state index contributed by atoms with van der Waals surface area (Å²) in [6.45, 7) is 2.10. The smallest absolute Gasteiger partial charge is 0.338 e. The third-order valence-corrected chi connectivity index (χ3v) is 3.88. The van der Waals surface area contributed by atoms with Gasteiger partial charge in [0.15, 0.2) is 11.6 Å². The molecule has 0 saturated heterocycles. The van der Waals surface area contributed by atoms with E-state index in [1.807, 2.05) is 0 Å². The number of esters is 1. The maximum atomic E-state index is 13.4. The minimum absolute atomic E-state index is 0.0257. The van der Waals surface area contributed by atoms with E-state index in [4.69, 9.17) is 9.47 Å². The lowest BCUT2D eigenvalue weighted by Gasteiger charge is -2.14. The molecule has 27 heavy (non-hydrogen) atoms. The molecule has 2 aromatic carbocycles. The number of ether oxygens (including phenoxy) is 2. The summed E-state index contributed by atoms with van der Waals surface area (Å²) in [5, 5.41) is 10.2. The number of carbonyl (C=O) groups is 1. The van der Waals surface area contributed by atoms with Crippen molar-refractivity contribution in [1.82, 2.24) is 9.55 Å². The lowest BCUT2D eigenvalue weighted by molar-refractivity contribution is 0.0526. The zero-order valence-corrected chi connectivity index (χ0v) is 14.6. The van der Waals surface area contributed by atoms with Gasteiger partial charge in [0.2, 0.25) is 0 Å². The Hall–Kier alpha value is -3.00. The fourth-order valence-corrected chi connectivity index (χ4v) is 2.57. The molecule has 142 valence electrons. The van der Waals surface area contributed by atoms with Gasteiger partial charge in [0.1, 0.15) is 18.5 Å². The summed E-state index contributed by atoms with van der Waals surface area (Å²) >= 11 is 0. The fourth-order valence-electron chi connectivity index (χ4n) is 2.57. The van der Waals surface area contributed by atoms with Gasteiger partial charge in [-0.05, 0) is 31.2 Å². The van der Waals surface area contributed by atoms with Gasteiger partial charge >= 0.3 is 5.97 Å². The van der Waals surface area contributed by atoms with Gasteiger partial charge < -0.3 is 19.1 Å². The van der Waals surface area contributed by atoms with Crippen LogP contribution in [-0.4, -0.2) is 39.9 Å². The molecule has 0 saturated carbocycles. The van der Waals surface area contributed by atoms with E-state index in [1.54, 1.807) is 31.2 Å². The number of benzene rings is 2. The number of halogens is 2. The highest BCUT2D eigenvalue weighted by atomic mass is 19.2. The van der Waals surface area contributed by atoms with Crippen molar-refractivity contribution in [3.63, 3.8) is 0 Å². The second-order valence-electron chi connectivity index (χ2n) is 5.86. The first-order chi connectivity index (χ1) is 13.0. The van der Waals surface area contributed by atoms with Crippen molar-refractivity contribution in [3.05, 3.63) is 59.9 Å². The predicted molar refractivity (Wildman–Crippen MR) is 93.5 cm³/mol. The Labute approximate surface area is 154 Å². The molecule has 1 unspecified atom stereocenters. The van der Waals surface area contributed by atoms with Crippen molar-refractivity contribution < 1.29 is 28.2 Å². The van der Waals surface area contributed by atoms with Gasteiger partial charge in [-0.2, -0.15) is 0 Å². The van der Waals surface area contributed by atoms with Gasteiger partial charge in [-0.1, -0.05) is 0 Å². The molecular formula is C19H18F2N2O4. The molecule has 0 spiro atoms. The fraction of sp³-hybridized carbons (Fsp3) is 0.263. The highest BCUT2D eigenvalue weighted by Crippen LogP contribution is 2.18. The lowest BCUT2D eigenvalue weighted by Crippen LogP contribution is -2.23. The number of nitrogens with zero attached hydrogens (tertiary/aromatic N) is 2. The number of aliphatic hydroxyl groups excluding tert-OH is 1. The Kier molecular flexibility index (Phi) is 5.66. The van der Waals surface area contributed by atoms with Crippen molar-refractivity contribution in [2.75, 3.05) is 13.2 Å². The molecule has 0 fully saturated rings. The van der Waals surface area contributed by atoms with E-state index in [2.05, 4.69) is 4.98 Å². The maximum absolute atomic E-state index is 13.4. The molecule has 6 nitrogen and oxygen atoms in total. The van der Waals surface area contributed by atoms with Crippen molar-refractivity contribution in [3.8, 4) is 5.75 Å². The van der Waals surface area contributed by atoms with Crippen LogP contribution in [0.5, 0.6) is 5.75 Å². The molecule has 1 N–H and O–H groups in total. The Bertz CT molecular complexity index is 941. The number of fused-ring (bicyclic) bond motifs is 1. The molecule has 1 aromatic heterocycles. The highest BCUT2D eigenvalue weighted by molar-refractivity contribution is 5.89. The van der Waals surface area contributed by atoms with E-state index in [-0.39, 0.29) is 13.2 Å². The Morgan fingerprint density at radius 3 is 2.63 bits per heavy atom. The summed E-state index contributed by atoms with van der Waals surface area (Å²) in [7, 11) is 0. The molecule has 8 heteroatoms. The molecule has 3 aromatic rings. The summed E-state index contributed by atoms with van der Waals surface area (Å²) < 4.78 is 38.6.